The van der Waals surface area contributed by atoms with E-state index in [1.807, 2.05) is 0 Å². The van der Waals surface area contributed by atoms with Crippen LogP contribution < -0.4 is 5.73 Å². The number of rotatable bonds is 3. The van der Waals surface area contributed by atoms with Gasteiger partial charge < -0.3 is 5.73 Å². The van der Waals surface area contributed by atoms with Crippen LogP contribution in [0.1, 0.15) is 47.0 Å². The largest absolute Gasteiger partial charge is 0.326 e. The number of nitrogens with zero attached hydrogens (tertiary/aromatic N) is 2. The van der Waals surface area contributed by atoms with Gasteiger partial charge in [-0.25, -0.2) is 0 Å². The van der Waals surface area contributed by atoms with Gasteiger partial charge in [0.15, 0.2) is 0 Å². The van der Waals surface area contributed by atoms with Crippen LogP contribution in [0.2, 0.25) is 0 Å². The lowest BCUT2D eigenvalue weighted by Gasteiger charge is -2.48. The molecular formula is C15H31N3. The van der Waals surface area contributed by atoms with Gasteiger partial charge in [-0.2, -0.15) is 0 Å². The molecule has 3 nitrogen and oxygen atoms in total. The van der Waals surface area contributed by atoms with E-state index in [0.29, 0.717) is 12.1 Å². The second-order valence-corrected chi connectivity index (χ2v) is 7.21. The summed E-state index contributed by atoms with van der Waals surface area (Å²) in [5.74, 6) is 0. The highest BCUT2D eigenvalue weighted by molar-refractivity contribution is 4.96. The number of fused-ring (bicyclic) bond motifs is 1. The second kappa shape index (κ2) is 5.48. The van der Waals surface area contributed by atoms with Crippen molar-refractivity contribution >= 4 is 0 Å². The van der Waals surface area contributed by atoms with E-state index >= 15 is 0 Å². The lowest BCUT2D eigenvalue weighted by atomic mass is 9.80. The van der Waals surface area contributed by atoms with Crippen molar-refractivity contribution < 1.29 is 0 Å². The summed E-state index contributed by atoms with van der Waals surface area (Å²) in [5.41, 5.74) is 6.69. The summed E-state index contributed by atoms with van der Waals surface area (Å²) in [4.78, 5) is 5.36. The predicted octanol–water partition coefficient (Wildman–Crippen LogP) is 1.92. The van der Waals surface area contributed by atoms with Gasteiger partial charge in [0.1, 0.15) is 0 Å². The summed E-state index contributed by atoms with van der Waals surface area (Å²) >= 11 is 0. The molecule has 0 radical (unpaired) electrons. The summed E-state index contributed by atoms with van der Waals surface area (Å²) < 4.78 is 0. The zero-order valence-corrected chi connectivity index (χ0v) is 12.7. The van der Waals surface area contributed by atoms with Crippen LogP contribution in [-0.4, -0.2) is 54.1 Å². The Hall–Kier alpha value is -0.120. The average Bonchev–Trinajstić information content (AvgIpc) is 2.74. The Morgan fingerprint density at radius 3 is 2.56 bits per heavy atom. The van der Waals surface area contributed by atoms with Crippen molar-refractivity contribution in [2.45, 2.75) is 65.1 Å². The Labute approximate surface area is 113 Å². The molecule has 0 spiro atoms. The Morgan fingerprint density at radius 1 is 1.22 bits per heavy atom. The highest BCUT2D eigenvalue weighted by Gasteiger charge is 2.39. The van der Waals surface area contributed by atoms with Crippen molar-refractivity contribution in [3.05, 3.63) is 0 Å². The Morgan fingerprint density at radius 2 is 1.94 bits per heavy atom. The second-order valence-electron chi connectivity index (χ2n) is 7.21. The Bertz CT molecular complexity index is 271. The zero-order valence-electron chi connectivity index (χ0n) is 12.7. The lowest BCUT2D eigenvalue weighted by molar-refractivity contribution is 0.0154. The van der Waals surface area contributed by atoms with Crippen molar-refractivity contribution in [2.75, 3.05) is 26.2 Å². The minimum atomic E-state index is 0.274. The number of hydrogen-bond acceptors (Lipinski definition) is 3. The van der Waals surface area contributed by atoms with Crippen molar-refractivity contribution in [2.24, 2.45) is 11.1 Å². The zero-order chi connectivity index (χ0) is 13.3. The molecule has 0 saturated carbocycles. The maximum atomic E-state index is 6.42. The van der Waals surface area contributed by atoms with Crippen molar-refractivity contribution in [1.82, 2.24) is 9.80 Å². The molecule has 0 aromatic carbocycles. The topological polar surface area (TPSA) is 32.5 Å². The van der Waals surface area contributed by atoms with Crippen LogP contribution in [0.4, 0.5) is 0 Å². The standard InChI is InChI=1S/C15H31N3/c1-5-13(16)14(15(2,3)4)18-10-9-17-8-6-7-12(17)11-18/h12-14H,5-11,16H2,1-4H3. The molecule has 3 atom stereocenters. The van der Waals surface area contributed by atoms with E-state index in [9.17, 15) is 0 Å². The monoisotopic (exact) mass is 253 g/mol. The molecule has 3 unspecified atom stereocenters. The van der Waals surface area contributed by atoms with Crippen LogP contribution in [0, 0.1) is 5.41 Å². The molecular weight excluding hydrogens is 222 g/mol. The van der Waals surface area contributed by atoms with Gasteiger partial charge in [0.25, 0.3) is 0 Å². The molecule has 0 aliphatic carbocycles. The van der Waals surface area contributed by atoms with Crippen molar-refractivity contribution in [3.63, 3.8) is 0 Å². The highest BCUT2D eigenvalue weighted by Crippen LogP contribution is 2.31. The summed E-state index contributed by atoms with van der Waals surface area (Å²) in [5, 5.41) is 0. The molecule has 3 heteroatoms. The Kier molecular flexibility index (Phi) is 4.35. The maximum absolute atomic E-state index is 6.42. The lowest BCUT2D eigenvalue weighted by Crippen LogP contribution is -2.61. The molecule has 0 aromatic rings. The van der Waals surface area contributed by atoms with E-state index < -0.39 is 0 Å². The molecule has 2 N–H and O–H groups in total. The van der Waals surface area contributed by atoms with Crippen LogP contribution in [-0.2, 0) is 0 Å². The van der Waals surface area contributed by atoms with E-state index in [2.05, 4.69) is 37.5 Å². The molecule has 0 amide bonds. The van der Waals surface area contributed by atoms with E-state index in [-0.39, 0.29) is 5.41 Å². The average molecular weight is 253 g/mol. The minimum Gasteiger partial charge on any atom is -0.326 e. The van der Waals surface area contributed by atoms with Gasteiger partial charge in [-0.3, -0.25) is 9.80 Å². The van der Waals surface area contributed by atoms with Gasteiger partial charge >= 0.3 is 0 Å². The van der Waals surface area contributed by atoms with Gasteiger partial charge in [0.2, 0.25) is 0 Å². The van der Waals surface area contributed by atoms with E-state index in [1.165, 1.54) is 39.0 Å². The third-order valence-electron chi connectivity index (χ3n) is 4.78. The van der Waals surface area contributed by atoms with E-state index in [0.717, 1.165) is 12.5 Å². The van der Waals surface area contributed by atoms with Gasteiger partial charge in [0.05, 0.1) is 0 Å². The first-order chi connectivity index (χ1) is 8.43. The smallest absolute Gasteiger partial charge is 0.0296 e. The predicted molar refractivity (Wildman–Crippen MR) is 77.7 cm³/mol. The molecule has 0 aromatic heterocycles. The van der Waals surface area contributed by atoms with Gasteiger partial charge in [0, 0.05) is 37.8 Å². The Balaban J connectivity index is 2.07. The van der Waals surface area contributed by atoms with Crippen LogP contribution in [0.3, 0.4) is 0 Å². The summed E-state index contributed by atoms with van der Waals surface area (Å²) in [7, 11) is 0. The maximum Gasteiger partial charge on any atom is 0.0296 e. The van der Waals surface area contributed by atoms with E-state index in [1.54, 1.807) is 0 Å². The number of nitrogens with two attached hydrogens (primary N) is 1. The van der Waals surface area contributed by atoms with Crippen LogP contribution in [0.25, 0.3) is 0 Å². The summed E-state index contributed by atoms with van der Waals surface area (Å²) in [6.07, 6.45) is 3.85. The normalized spacial score (nSPS) is 30.2. The van der Waals surface area contributed by atoms with Crippen LogP contribution in [0.15, 0.2) is 0 Å². The number of hydrogen-bond donors (Lipinski definition) is 1. The molecule has 2 rings (SSSR count). The fourth-order valence-electron chi connectivity index (χ4n) is 3.95. The van der Waals surface area contributed by atoms with Gasteiger partial charge in [-0.05, 0) is 31.2 Å². The SMILES string of the molecule is CCC(N)C(N1CCN2CCCC2C1)C(C)(C)C. The highest BCUT2D eigenvalue weighted by atomic mass is 15.3. The van der Waals surface area contributed by atoms with Crippen LogP contribution >= 0.6 is 0 Å². The van der Waals surface area contributed by atoms with Crippen molar-refractivity contribution in [3.8, 4) is 0 Å². The molecule has 0 bridgehead atoms. The van der Waals surface area contributed by atoms with Crippen molar-refractivity contribution in [1.29, 1.82) is 0 Å². The van der Waals surface area contributed by atoms with Crippen LogP contribution in [0.5, 0.6) is 0 Å². The third-order valence-corrected chi connectivity index (χ3v) is 4.78. The molecule has 2 heterocycles. The summed E-state index contributed by atoms with van der Waals surface area (Å²) in [6.45, 7) is 14.2. The fraction of sp³-hybridized carbons (Fsp3) is 1.00. The van der Waals surface area contributed by atoms with Gasteiger partial charge in [-0.1, -0.05) is 27.7 Å². The molecule has 2 aliphatic rings. The first kappa shape index (κ1) is 14.3. The first-order valence-electron chi connectivity index (χ1n) is 7.67. The fourth-order valence-corrected chi connectivity index (χ4v) is 3.95. The molecule has 2 aliphatic heterocycles. The molecule has 2 fully saturated rings. The molecule has 18 heavy (non-hydrogen) atoms. The summed E-state index contributed by atoms with van der Waals surface area (Å²) in [6, 6.07) is 1.62. The molecule has 106 valence electrons. The quantitative estimate of drug-likeness (QED) is 0.834. The number of piperazine rings is 1. The first-order valence-corrected chi connectivity index (χ1v) is 7.67. The third kappa shape index (κ3) is 2.89. The van der Waals surface area contributed by atoms with Gasteiger partial charge in [-0.15, -0.1) is 0 Å². The molecule has 2 saturated heterocycles. The minimum absolute atomic E-state index is 0.274. The van der Waals surface area contributed by atoms with E-state index in [4.69, 9.17) is 5.73 Å².